The summed E-state index contributed by atoms with van der Waals surface area (Å²) >= 11 is 0. The Hall–Kier alpha value is -4.92. The fourth-order valence-corrected chi connectivity index (χ4v) is 5.46. The highest BCUT2D eigenvalue weighted by Gasteiger charge is 2.24. The van der Waals surface area contributed by atoms with E-state index in [2.05, 4.69) is 41.3 Å². The SMILES string of the molecule is Cc1c(NC(=O)c2ccc(C(C)(C)C)cc2)cccc1-c1cn(C)c(=O)c(Nc2ccc(N3CCC(C(=O)O)CC3)cc2)n1. The minimum atomic E-state index is -0.728. The lowest BCUT2D eigenvalue weighted by atomic mass is 9.86. The van der Waals surface area contributed by atoms with Crippen molar-refractivity contribution in [3.8, 4) is 11.3 Å². The van der Waals surface area contributed by atoms with Crippen LogP contribution in [-0.2, 0) is 17.3 Å². The Morgan fingerprint density at radius 1 is 0.955 bits per heavy atom. The monoisotopic (exact) mass is 593 g/mol. The Morgan fingerprint density at radius 3 is 2.23 bits per heavy atom. The van der Waals surface area contributed by atoms with Gasteiger partial charge in [0, 0.05) is 54.5 Å². The number of carboxylic acids is 1. The first kappa shape index (κ1) is 30.5. The first-order chi connectivity index (χ1) is 20.9. The molecule has 1 aliphatic heterocycles. The molecule has 3 N–H and O–H groups in total. The Balaban J connectivity index is 1.33. The molecule has 5 rings (SSSR count). The molecule has 1 amide bonds. The second-order valence-electron chi connectivity index (χ2n) is 12.4. The van der Waals surface area contributed by atoms with Crippen molar-refractivity contribution in [3.05, 3.63) is 100.0 Å². The molecule has 9 nitrogen and oxygen atoms in total. The minimum absolute atomic E-state index is 0.00211. The van der Waals surface area contributed by atoms with E-state index >= 15 is 0 Å². The third-order valence-corrected chi connectivity index (χ3v) is 8.28. The van der Waals surface area contributed by atoms with Gasteiger partial charge in [-0.05, 0) is 78.8 Å². The van der Waals surface area contributed by atoms with Gasteiger partial charge in [-0.15, -0.1) is 0 Å². The zero-order chi connectivity index (χ0) is 31.6. The summed E-state index contributed by atoms with van der Waals surface area (Å²) in [6.45, 7) is 9.71. The number of hydrogen-bond acceptors (Lipinski definition) is 6. The molecule has 1 aliphatic rings. The number of carbonyl (C=O) groups is 2. The Kier molecular flexibility index (Phi) is 8.58. The van der Waals surface area contributed by atoms with Crippen LogP contribution in [0.4, 0.5) is 22.9 Å². The summed E-state index contributed by atoms with van der Waals surface area (Å²) in [4.78, 5) is 44.2. The highest BCUT2D eigenvalue weighted by atomic mass is 16.4. The summed E-state index contributed by atoms with van der Waals surface area (Å²) in [5.74, 6) is -1.02. The molecule has 0 aliphatic carbocycles. The van der Waals surface area contributed by atoms with Gasteiger partial charge in [-0.25, -0.2) is 4.98 Å². The summed E-state index contributed by atoms with van der Waals surface area (Å²) in [5.41, 5.74) is 6.08. The van der Waals surface area contributed by atoms with Crippen molar-refractivity contribution in [1.82, 2.24) is 9.55 Å². The summed E-state index contributed by atoms with van der Waals surface area (Å²) in [5, 5.41) is 15.5. The molecule has 0 saturated carbocycles. The third-order valence-electron chi connectivity index (χ3n) is 8.28. The topological polar surface area (TPSA) is 117 Å². The van der Waals surface area contributed by atoms with Crippen LogP contribution in [0.1, 0.15) is 55.1 Å². The summed E-state index contributed by atoms with van der Waals surface area (Å²) in [6.07, 6.45) is 2.93. The van der Waals surface area contributed by atoms with Gasteiger partial charge >= 0.3 is 5.97 Å². The number of amides is 1. The highest BCUT2D eigenvalue weighted by Crippen LogP contribution is 2.30. The number of aromatic nitrogens is 2. The smallest absolute Gasteiger partial charge is 0.306 e. The largest absolute Gasteiger partial charge is 0.481 e. The van der Waals surface area contributed by atoms with Crippen LogP contribution < -0.4 is 21.1 Å². The van der Waals surface area contributed by atoms with E-state index in [-0.39, 0.29) is 28.6 Å². The molecule has 1 fully saturated rings. The molecule has 9 heteroatoms. The van der Waals surface area contributed by atoms with Crippen LogP contribution in [0.2, 0.25) is 0 Å². The van der Waals surface area contributed by atoms with Gasteiger partial charge in [0.25, 0.3) is 11.5 Å². The van der Waals surface area contributed by atoms with Crippen LogP contribution in [0, 0.1) is 12.8 Å². The van der Waals surface area contributed by atoms with Gasteiger partial charge in [0.1, 0.15) is 0 Å². The molecule has 0 unspecified atom stereocenters. The van der Waals surface area contributed by atoms with Crippen LogP contribution in [0.3, 0.4) is 0 Å². The maximum absolute atomic E-state index is 13.1. The number of rotatable bonds is 7. The first-order valence-electron chi connectivity index (χ1n) is 14.8. The number of carboxylic acid groups (broad SMARTS) is 1. The van der Waals surface area contributed by atoms with E-state index in [4.69, 9.17) is 0 Å². The molecular weight excluding hydrogens is 554 g/mol. The van der Waals surface area contributed by atoms with Gasteiger partial charge < -0.3 is 25.2 Å². The number of piperidine rings is 1. The molecule has 228 valence electrons. The van der Waals surface area contributed by atoms with Crippen LogP contribution in [0.5, 0.6) is 0 Å². The first-order valence-corrected chi connectivity index (χ1v) is 14.8. The summed E-state index contributed by atoms with van der Waals surface area (Å²) in [6, 6.07) is 21.0. The maximum Gasteiger partial charge on any atom is 0.306 e. The van der Waals surface area contributed by atoms with E-state index in [1.807, 2.05) is 73.7 Å². The normalized spacial score (nSPS) is 13.9. The lowest BCUT2D eigenvalue weighted by Gasteiger charge is -2.32. The predicted octanol–water partition coefficient (Wildman–Crippen LogP) is 6.35. The standard InChI is InChI=1S/C35H39N5O4/c1-22-28(7-6-8-29(22)38-32(41)23-9-11-25(12-10-23)35(2,3)4)30-21-39(5)33(42)31(37-30)36-26-13-15-27(16-14-26)40-19-17-24(18-20-40)34(43)44/h6-16,21,24H,17-20H2,1-5H3,(H,36,37)(H,38,41)(H,43,44). The molecule has 0 spiro atoms. The van der Waals surface area contributed by atoms with E-state index in [0.717, 1.165) is 22.4 Å². The predicted molar refractivity (Wildman–Crippen MR) is 175 cm³/mol. The number of nitrogens with zero attached hydrogens (tertiary/aromatic N) is 3. The van der Waals surface area contributed by atoms with E-state index in [1.54, 1.807) is 13.2 Å². The average Bonchev–Trinajstić information content (AvgIpc) is 3.00. The lowest BCUT2D eigenvalue weighted by molar-refractivity contribution is -0.142. The van der Waals surface area contributed by atoms with Crippen molar-refractivity contribution < 1.29 is 14.7 Å². The van der Waals surface area contributed by atoms with Gasteiger partial charge in [-0.2, -0.15) is 0 Å². The summed E-state index contributed by atoms with van der Waals surface area (Å²) in [7, 11) is 1.69. The van der Waals surface area contributed by atoms with Crippen LogP contribution in [0.25, 0.3) is 11.3 Å². The third kappa shape index (κ3) is 6.67. The van der Waals surface area contributed by atoms with Gasteiger partial charge in [0.15, 0.2) is 5.82 Å². The van der Waals surface area contributed by atoms with Gasteiger partial charge in [-0.3, -0.25) is 14.4 Å². The van der Waals surface area contributed by atoms with Gasteiger partial charge in [0.05, 0.1) is 11.6 Å². The van der Waals surface area contributed by atoms with Crippen molar-refractivity contribution in [2.24, 2.45) is 13.0 Å². The van der Waals surface area contributed by atoms with Crippen molar-refractivity contribution >= 4 is 34.8 Å². The van der Waals surface area contributed by atoms with E-state index in [9.17, 15) is 19.5 Å². The average molecular weight is 594 g/mol. The quantitative estimate of drug-likeness (QED) is 0.229. The van der Waals surface area contributed by atoms with Crippen molar-refractivity contribution in [1.29, 1.82) is 0 Å². The highest BCUT2D eigenvalue weighted by molar-refractivity contribution is 6.05. The number of anilines is 4. The van der Waals surface area contributed by atoms with Crippen LogP contribution in [-0.4, -0.2) is 39.6 Å². The maximum atomic E-state index is 13.1. The van der Waals surface area contributed by atoms with E-state index in [0.29, 0.717) is 48.6 Å². The number of aryl methyl sites for hydroxylation is 1. The molecule has 44 heavy (non-hydrogen) atoms. The van der Waals surface area contributed by atoms with Crippen molar-refractivity contribution in [2.75, 3.05) is 28.6 Å². The molecule has 1 aromatic heterocycles. The minimum Gasteiger partial charge on any atom is -0.481 e. The molecule has 1 saturated heterocycles. The van der Waals surface area contributed by atoms with Crippen molar-refractivity contribution in [3.63, 3.8) is 0 Å². The molecule has 0 atom stereocenters. The van der Waals surface area contributed by atoms with Crippen molar-refractivity contribution in [2.45, 2.75) is 46.0 Å². The number of aliphatic carboxylic acids is 1. The van der Waals surface area contributed by atoms with E-state index < -0.39 is 5.97 Å². The van der Waals surface area contributed by atoms with Crippen LogP contribution in [0.15, 0.2) is 77.7 Å². The molecule has 0 bridgehead atoms. The second kappa shape index (κ2) is 12.4. The fourth-order valence-electron chi connectivity index (χ4n) is 5.46. The molecule has 2 heterocycles. The molecule has 0 radical (unpaired) electrons. The van der Waals surface area contributed by atoms with Crippen LogP contribution >= 0.6 is 0 Å². The number of nitrogens with one attached hydrogen (secondary N) is 2. The Labute approximate surface area is 257 Å². The number of carbonyl (C=O) groups excluding carboxylic acids is 1. The lowest BCUT2D eigenvalue weighted by Crippen LogP contribution is -2.36. The Bertz CT molecular complexity index is 1730. The zero-order valence-electron chi connectivity index (χ0n) is 25.8. The summed E-state index contributed by atoms with van der Waals surface area (Å²) < 4.78 is 1.49. The van der Waals surface area contributed by atoms with Gasteiger partial charge in [-0.1, -0.05) is 45.0 Å². The second-order valence-corrected chi connectivity index (χ2v) is 12.4. The molecule has 3 aromatic carbocycles. The molecule has 4 aromatic rings. The number of benzene rings is 3. The number of hydrogen-bond donors (Lipinski definition) is 3. The molecular formula is C35H39N5O4. The Morgan fingerprint density at radius 2 is 1.61 bits per heavy atom. The van der Waals surface area contributed by atoms with Gasteiger partial charge in [0.2, 0.25) is 0 Å². The van der Waals surface area contributed by atoms with E-state index in [1.165, 1.54) is 4.57 Å². The fraction of sp³-hybridized carbons (Fsp3) is 0.314. The zero-order valence-corrected chi connectivity index (χ0v) is 25.8.